The fraction of sp³-hybridized carbons (Fsp3) is 0.400. The normalized spacial score (nSPS) is 16.2. The van der Waals surface area contributed by atoms with E-state index in [1.165, 1.54) is 18.4 Å². The lowest BCUT2D eigenvalue weighted by atomic mass is 9.98. The van der Waals surface area contributed by atoms with Gasteiger partial charge in [0, 0.05) is 12.4 Å². The fourth-order valence-corrected chi connectivity index (χ4v) is 3.10. The molecule has 0 saturated heterocycles. The van der Waals surface area contributed by atoms with E-state index in [1.807, 2.05) is 19.1 Å². The molecule has 3 nitrogen and oxygen atoms in total. The van der Waals surface area contributed by atoms with Gasteiger partial charge in [-0.25, -0.2) is 0 Å². The molecule has 3 heteroatoms. The van der Waals surface area contributed by atoms with Crippen LogP contribution in [-0.2, 0) is 16.0 Å². The largest absolute Gasteiger partial charge is 0.462 e. The summed E-state index contributed by atoms with van der Waals surface area (Å²) in [5.74, 6) is -0.155. The van der Waals surface area contributed by atoms with Crippen LogP contribution in [0, 0.1) is 5.92 Å². The first-order valence-electron chi connectivity index (χ1n) is 8.42. The Labute approximate surface area is 137 Å². The van der Waals surface area contributed by atoms with E-state index >= 15 is 0 Å². The number of nitrogens with zero attached hydrogens (tertiary/aromatic N) is 1. The standard InChI is InChI=1S/C20H23NO2/c1-15(20(22)23-19-4-2-3-5-19)14-16-6-8-17(9-7-16)18-10-12-21-13-11-18/h6-13,15,19H,2-5,14H2,1H3. The maximum absolute atomic E-state index is 12.2. The summed E-state index contributed by atoms with van der Waals surface area (Å²) in [6, 6.07) is 12.4. The first-order valence-corrected chi connectivity index (χ1v) is 8.42. The molecule has 1 aliphatic rings. The van der Waals surface area contributed by atoms with Gasteiger partial charge in [-0.1, -0.05) is 31.2 Å². The maximum Gasteiger partial charge on any atom is 0.309 e. The highest BCUT2D eigenvalue weighted by molar-refractivity contribution is 5.72. The summed E-state index contributed by atoms with van der Waals surface area (Å²) in [6.07, 6.45) is 8.89. The number of esters is 1. The van der Waals surface area contributed by atoms with Crippen molar-refractivity contribution in [2.75, 3.05) is 0 Å². The Morgan fingerprint density at radius 1 is 1.09 bits per heavy atom. The fourth-order valence-electron chi connectivity index (χ4n) is 3.10. The second-order valence-corrected chi connectivity index (χ2v) is 6.38. The number of aromatic nitrogens is 1. The third-order valence-corrected chi connectivity index (χ3v) is 4.50. The van der Waals surface area contributed by atoms with Crippen LogP contribution in [0.1, 0.15) is 38.2 Å². The quantitative estimate of drug-likeness (QED) is 0.768. The molecule has 1 aromatic heterocycles. The highest BCUT2D eigenvalue weighted by Crippen LogP contribution is 2.23. The molecule has 120 valence electrons. The van der Waals surface area contributed by atoms with Gasteiger partial charge < -0.3 is 4.74 Å². The highest BCUT2D eigenvalue weighted by atomic mass is 16.5. The van der Waals surface area contributed by atoms with Gasteiger partial charge in [-0.3, -0.25) is 9.78 Å². The first-order chi connectivity index (χ1) is 11.2. The summed E-state index contributed by atoms with van der Waals surface area (Å²) in [6.45, 7) is 1.95. The van der Waals surface area contributed by atoms with Crippen LogP contribution in [0.5, 0.6) is 0 Å². The first kappa shape index (κ1) is 15.7. The topological polar surface area (TPSA) is 39.2 Å². The van der Waals surface area contributed by atoms with Gasteiger partial charge in [-0.2, -0.15) is 0 Å². The number of pyridine rings is 1. The molecule has 1 fully saturated rings. The van der Waals surface area contributed by atoms with Gasteiger partial charge in [0.1, 0.15) is 6.10 Å². The number of rotatable bonds is 5. The van der Waals surface area contributed by atoms with E-state index in [0.717, 1.165) is 30.4 Å². The minimum Gasteiger partial charge on any atom is -0.462 e. The summed E-state index contributed by atoms with van der Waals surface area (Å²) in [5, 5.41) is 0. The lowest BCUT2D eigenvalue weighted by Gasteiger charge is -2.16. The van der Waals surface area contributed by atoms with Gasteiger partial charge >= 0.3 is 5.97 Å². The van der Waals surface area contributed by atoms with Crippen molar-refractivity contribution in [3.8, 4) is 11.1 Å². The van der Waals surface area contributed by atoms with Crippen molar-refractivity contribution < 1.29 is 9.53 Å². The van der Waals surface area contributed by atoms with Crippen LogP contribution in [0.2, 0.25) is 0 Å². The molecular formula is C20H23NO2. The van der Waals surface area contributed by atoms with Gasteiger partial charge in [0.2, 0.25) is 0 Å². The Bertz CT molecular complexity index is 630. The molecule has 1 atom stereocenters. The van der Waals surface area contributed by atoms with Crippen molar-refractivity contribution >= 4 is 5.97 Å². The zero-order chi connectivity index (χ0) is 16.1. The zero-order valence-corrected chi connectivity index (χ0v) is 13.6. The van der Waals surface area contributed by atoms with E-state index in [-0.39, 0.29) is 18.0 Å². The monoisotopic (exact) mass is 309 g/mol. The number of carbonyl (C=O) groups excluding carboxylic acids is 1. The molecule has 1 unspecified atom stereocenters. The van der Waals surface area contributed by atoms with Crippen LogP contribution in [0.4, 0.5) is 0 Å². The minimum atomic E-state index is -0.0950. The average Bonchev–Trinajstić information content (AvgIpc) is 3.09. The van der Waals surface area contributed by atoms with Crippen LogP contribution >= 0.6 is 0 Å². The van der Waals surface area contributed by atoms with E-state index in [2.05, 4.69) is 29.2 Å². The van der Waals surface area contributed by atoms with E-state index in [4.69, 9.17) is 4.74 Å². The number of benzene rings is 1. The second-order valence-electron chi connectivity index (χ2n) is 6.38. The average molecular weight is 309 g/mol. The third-order valence-electron chi connectivity index (χ3n) is 4.50. The van der Waals surface area contributed by atoms with Crippen LogP contribution in [0.3, 0.4) is 0 Å². The summed E-state index contributed by atoms with van der Waals surface area (Å²) in [4.78, 5) is 16.2. The van der Waals surface area contributed by atoms with Crippen molar-refractivity contribution in [3.05, 3.63) is 54.4 Å². The predicted octanol–water partition coefficient (Wildman–Crippen LogP) is 4.41. The zero-order valence-electron chi connectivity index (χ0n) is 13.6. The molecule has 3 rings (SSSR count). The number of carbonyl (C=O) groups is 1. The van der Waals surface area contributed by atoms with Crippen LogP contribution < -0.4 is 0 Å². The van der Waals surface area contributed by atoms with Crippen molar-refractivity contribution in [2.45, 2.75) is 45.1 Å². The molecule has 0 bridgehead atoms. The molecule has 1 aromatic carbocycles. The van der Waals surface area contributed by atoms with E-state index in [1.54, 1.807) is 12.4 Å². The van der Waals surface area contributed by atoms with Crippen LogP contribution in [0.25, 0.3) is 11.1 Å². The Hall–Kier alpha value is -2.16. The molecule has 23 heavy (non-hydrogen) atoms. The van der Waals surface area contributed by atoms with Gasteiger partial charge in [-0.05, 0) is 60.9 Å². The lowest BCUT2D eigenvalue weighted by molar-refractivity contribution is -0.153. The van der Waals surface area contributed by atoms with Gasteiger partial charge in [0.15, 0.2) is 0 Å². The summed E-state index contributed by atoms with van der Waals surface area (Å²) in [5.41, 5.74) is 3.48. The Kier molecular flexibility index (Phi) is 5.06. The molecular weight excluding hydrogens is 286 g/mol. The molecule has 0 amide bonds. The molecule has 0 spiro atoms. The summed E-state index contributed by atoms with van der Waals surface area (Å²) < 4.78 is 5.59. The minimum absolute atomic E-state index is 0.0601. The predicted molar refractivity (Wildman–Crippen MR) is 90.9 cm³/mol. The van der Waals surface area contributed by atoms with Gasteiger partial charge in [0.25, 0.3) is 0 Å². The number of ether oxygens (including phenoxy) is 1. The van der Waals surface area contributed by atoms with Crippen molar-refractivity contribution in [2.24, 2.45) is 5.92 Å². The van der Waals surface area contributed by atoms with Gasteiger partial charge in [-0.15, -0.1) is 0 Å². The molecule has 2 aromatic rings. The van der Waals surface area contributed by atoms with Crippen molar-refractivity contribution in [1.82, 2.24) is 4.98 Å². The molecule has 0 radical (unpaired) electrons. The van der Waals surface area contributed by atoms with Crippen LogP contribution in [0.15, 0.2) is 48.8 Å². The van der Waals surface area contributed by atoms with Gasteiger partial charge in [0.05, 0.1) is 5.92 Å². The van der Waals surface area contributed by atoms with Crippen molar-refractivity contribution in [3.63, 3.8) is 0 Å². The molecule has 1 heterocycles. The number of hydrogen-bond donors (Lipinski definition) is 0. The molecule has 0 N–H and O–H groups in total. The third kappa shape index (κ3) is 4.19. The van der Waals surface area contributed by atoms with E-state index in [0.29, 0.717) is 0 Å². The van der Waals surface area contributed by atoms with Crippen molar-refractivity contribution in [1.29, 1.82) is 0 Å². The SMILES string of the molecule is CC(Cc1ccc(-c2ccncc2)cc1)C(=O)OC1CCCC1. The molecule has 1 aliphatic carbocycles. The Balaban J connectivity index is 1.58. The van der Waals surface area contributed by atoms with E-state index in [9.17, 15) is 4.79 Å². The Morgan fingerprint density at radius 2 is 1.70 bits per heavy atom. The highest BCUT2D eigenvalue weighted by Gasteiger charge is 2.22. The summed E-state index contributed by atoms with van der Waals surface area (Å²) >= 11 is 0. The smallest absolute Gasteiger partial charge is 0.309 e. The number of hydrogen-bond acceptors (Lipinski definition) is 3. The molecule has 0 aliphatic heterocycles. The maximum atomic E-state index is 12.2. The second kappa shape index (κ2) is 7.40. The molecule has 1 saturated carbocycles. The Morgan fingerprint density at radius 3 is 2.35 bits per heavy atom. The van der Waals surface area contributed by atoms with Crippen LogP contribution in [-0.4, -0.2) is 17.1 Å². The lowest BCUT2D eigenvalue weighted by Crippen LogP contribution is -2.22. The summed E-state index contributed by atoms with van der Waals surface area (Å²) in [7, 11) is 0. The van der Waals surface area contributed by atoms with E-state index < -0.39 is 0 Å².